The Kier molecular flexibility index (Phi) is 6.16. The molecule has 0 saturated heterocycles. The highest BCUT2D eigenvalue weighted by molar-refractivity contribution is 7.19. The summed E-state index contributed by atoms with van der Waals surface area (Å²) in [4.78, 5) is 36.7. The van der Waals surface area contributed by atoms with Gasteiger partial charge in [0.25, 0.3) is 5.91 Å². The summed E-state index contributed by atoms with van der Waals surface area (Å²) in [5.74, 6) is -1.67. The molecule has 0 fully saturated rings. The lowest BCUT2D eigenvalue weighted by Crippen LogP contribution is -2.46. The van der Waals surface area contributed by atoms with Gasteiger partial charge < -0.3 is 19.8 Å². The summed E-state index contributed by atoms with van der Waals surface area (Å²) in [6.07, 6.45) is 0. The Hall–Kier alpha value is -2.39. The summed E-state index contributed by atoms with van der Waals surface area (Å²) in [6.45, 7) is 2.87. The first-order chi connectivity index (χ1) is 11.8. The number of carbonyl (C=O) groups excluding carboxylic acids is 2. The molecular formula is C15H16ClN3O5S. The highest BCUT2D eigenvalue weighted by Gasteiger charge is 2.28. The lowest BCUT2D eigenvalue weighted by atomic mass is 10.2. The minimum absolute atomic E-state index is 0.0181. The van der Waals surface area contributed by atoms with E-state index in [1.54, 1.807) is 12.1 Å². The molecule has 1 atom stereocenters. The lowest BCUT2D eigenvalue weighted by molar-refractivity contribution is -0.141. The molecule has 0 aliphatic heterocycles. The number of carbonyl (C=O) groups is 3. The monoisotopic (exact) mass is 385 g/mol. The molecule has 2 aromatic rings. The first kappa shape index (κ1) is 18.9. The fourth-order valence-corrected chi connectivity index (χ4v) is 3.03. The minimum atomic E-state index is -1.16. The molecule has 1 unspecified atom stereocenters. The molecule has 2 amide bonds. The van der Waals surface area contributed by atoms with E-state index < -0.39 is 17.9 Å². The largest absolute Gasteiger partial charge is 0.480 e. The number of thiophene rings is 1. The molecule has 0 aliphatic carbocycles. The Bertz CT molecular complexity index is 788. The molecule has 8 nitrogen and oxygen atoms in total. The van der Waals surface area contributed by atoms with E-state index in [1.807, 2.05) is 0 Å². The van der Waals surface area contributed by atoms with Crippen LogP contribution in [-0.4, -0.2) is 52.1 Å². The number of rotatable bonds is 7. The van der Waals surface area contributed by atoms with Gasteiger partial charge in [-0.05, 0) is 19.1 Å². The van der Waals surface area contributed by atoms with Crippen LogP contribution in [-0.2, 0) is 9.59 Å². The van der Waals surface area contributed by atoms with Gasteiger partial charge in [0.05, 0.1) is 9.21 Å². The number of carboxylic acid groups (broad SMARTS) is 1. The Morgan fingerprint density at radius 1 is 1.44 bits per heavy atom. The number of nitrogens with zero attached hydrogens (tertiary/aromatic N) is 2. The van der Waals surface area contributed by atoms with E-state index in [-0.39, 0.29) is 24.7 Å². The van der Waals surface area contributed by atoms with Crippen LogP contribution in [0, 0.1) is 0 Å². The van der Waals surface area contributed by atoms with Crippen molar-refractivity contribution in [2.45, 2.75) is 19.9 Å². The number of hydrogen-bond acceptors (Lipinski definition) is 6. The van der Waals surface area contributed by atoms with E-state index in [2.05, 4.69) is 10.5 Å². The highest BCUT2D eigenvalue weighted by atomic mass is 35.5. The van der Waals surface area contributed by atoms with E-state index in [9.17, 15) is 19.5 Å². The van der Waals surface area contributed by atoms with Gasteiger partial charge in [0, 0.05) is 26.1 Å². The molecule has 0 aliphatic rings. The van der Waals surface area contributed by atoms with Gasteiger partial charge in [-0.2, -0.15) is 0 Å². The molecule has 25 heavy (non-hydrogen) atoms. The van der Waals surface area contributed by atoms with Gasteiger partial charge in [-0.15, -0.1) is 11.3 Å². The summed E-state index contributed by atoms with van der Waals surface area (Å²) in [6, 6.07) is 3.77. The third-order valence-electron chi connectivity index (χ3n) is 3.36. The van der Waals surface area contributed by atoms with Crippen molar-refractivity contribution in [3.63, 3.8) is 0 Å². The van der Waals surface area contributed by atoms with Crippen molar-refractivity contribution in [2.75, 3.05) is 13.1 Å². The van der Waals surface area contributed by atoms with E-state index in [0.717, 1.165) is 4.90 Å². The van der Waals surface area contributed by atoms with Gasteiger partial charge in [-0.25, -0.2) is 4.79 Å². The van der Waals surface area contributed by atoms with Gasteiger partial charge in [-0.3, -0.25) is 9.59 Å². The lowest BCUT2D eigenvalue weighted by Gasteiger charge is -2.25. The van der Waals surface area contributed by atoms with Crippen molar-refractivity contribution in [1.29, 1.82) is 0 Å². The maximum Gasteiger partial charge on any atom is 0.326 e. The Labute approximate surface area is 152 Å². The van der Waals surface area contributed by atoms with Gasteiger partial charge in [0.2, 0.25) is 5.91 Å². The Morgan fingerprint density at radius 3 is 2.72 bits per heavy atom. The van der Waals surface area contributed by atoms with Crippen molar-refractivity contribution in [2.24, 2.45) is 0 Å². The zero-order valence-electron chi connectivity index (χ0n) is 13.5. The second kappa shape index (κ2) is 8.13. The minimum Gasteiger partial charge on any atom is -0.480 e. The molecule has 10 heteroatoms. The molecule has 0 spiro atoms. The fourth-order valence-electron chi connectivity index (χ4n) is 2.04. The van der Waals surface area contributed by atoms with Gasteiger partial charge >= 0.3 is 5.97 Å². The summed E-state index contributed by atoms with van der Waals surface area (Å²) in [7, 11) is 0. The highest BCUT2D eigenvalue weighted by Crippen LogP contribution is 2.31. The van der Waals surface area contributed by atoms with Crippen LogP contribution in [0.3, 0.4) is 0 Å². The van der Waals surface area contributed by atoms with Crippen LogP contribution < -0.4 is 5.32 Å². The van der Waals surface area contributed by atoms with E-state index in [4.69, 9.17) is 16.1 Å². The molecule has 2 aromatic heterocycles. The standard InChI is InChI=1S/C15H16ClN3O5S/c1-8(15(22)23)19(6-5-17-9(2)20)14(21)10-7-11(24-18-10)12-3-4-13(16)25-12/h3-4,7-8H,5-6H2,1-2H3,(H,17,20)(H,22,23). The van der Waals surface area contributed by atoms with Crippen molar-refractivity contribution in [3.05, 3.63) is 28.2 Å². The maximum atomic E-state index is 12.6. The molecule has 0 radical (unpaired) electrons. The zero-order chi connectivity index (χ0) is 18.6. The van der Waals surface area contributed by atoms with E-state index >= 15 is 0 Å². The topological polar surface area (TPSA) is 113 Å². The normalized spacial score (nSPS) is 11.8. The average molecular weight is 386 g/mol. The van der Waals surface area contributed by atoms with Crippen molar-refractivity contribution in [3.8, 4) is 10.6 Å². The average Bonchev–Trinajstić information content (AvgIpc) is 3.18. The van der Waals surface area contributed by atoms with Crippen molar-refractivity contribution < 1.29 is 24.0 Å². The predicted octanol–water partition coefficient (Wildman–Crippen LogP) is 2.11. The number of aliphatic carboxylic acids is 1. The number of nitrogens with one attached hydrogen (secondary N) is 1. The quantitative estimate of drug-likeness (QED) is 0.754. The fraction of sp³-hybridized carbons (Fsp3) is 0.333. The first-order valence-corrected chi connectivity index (χ1v) is 8.49. The predicted molar refractivity (Wildman–Crippen MR) is 91.6 cm³/mol. The number of carboxylic acids is 1. The van der Waals surface area contributed by atoms with Crippen molar-refractivity contribution in [1.82, 2.24) is 15.4 Å². The van der Waals surface area contributed by atoms with Crippen LogP contribution in [0.4, 0.5) is 0 Å². The van der Waals surface area contributed by atoms with Crippen LogP contribution in [0.15, 0.2) is 22.7 Å². The molecule has 134 valence electrons. The molecule has 2 N–H and O–H groups in total. The van der Waals surface area contributed by atoms with Crippen LogP contribution >= 0.6 is 22.9 Å². The van der Waals surface area contributed by atoms with Gasteiger partial charge in [0.1, 0.15) is 6.04 Å². The molecular weight excluding hydrogens is 370 g/mol. The van der Waals surface area contributed by atoms with E-state index in [1.165, 1.54) is 31.3 Å². The van der Waals surface area contributed by atoms with Crippen LogP contribution in [0.5, 0.6) is 0 Å². The van der Waals surface area contributed by atoms with Crippen LogP contribution in [0.25, 0.3) is 10.6 Å². The summed E-state index contributed by atoms with van der Waals surface area (Å²) >= 11 is 7.14. The number of hydrogen-bond donors (Lipinski definition) is 2. The number of amides is 2. The summed E-state index contributed by atoms with van der Waals surface area (Å²) < 4.78 is 5.72. The Morgan fingerprint density at radius 2 is 2.16 bits per heavy atom. The molecule has 0 saturated carbocycles. The second-order valence-corrected chi connectivity index (χ2v) is 6.89. The molecule has 0 aromatic carbocycles. The van der Waals surface area contributed by atoms with Crippen molar-refractivity contribution >= 4 is 40.7 Å². The third-order valence-corrected chi connectivity index (χ3v) is 4.60. The molecule has 2 heterocycles. The molecule has 0 bridgehead atoms. The zero-order valence-corrected chi connectivity index (χ0v) is 15.1. The summed E-state index contributed by atoms with van der Waals surface area (Å²) in [5.41, 5.74) is -0.0181. The first-order valence-electron chi connectivity index (χ1n) is 7.30. The second-order valence-electron chi connectivity index (χ2n) is 5.18. The number of halogens is 1. The SMILES string of the molecule is CC(=O)NCCN(C(=O)c1cc(-c2ccc(Cl)s2)on1)C(C)C(=O)O. The molecule has 2 rings (SSSR count). The maximum absolute atomic E-state index is 12.6. The van der Waals surface area contributed by atoms with E-state index in [0.29, 0.717) is 15.0 Å². The number of aromatic nitrogens is 1. The van der Waals surface area contributed by atoms with Gasteiger partial charge in [0.15, 0.2) is 11.5 Å². The summed E-state index contributed by atoms with van der Waals surface area (Å²) in [5, 5.41) is 15.5. The van der Waals surface area contributed by atoms with Crippen LogP contribution in [0.2, 0.25) is 4.34 Å². The van der Waals surface area contributed by atoms with Crippen LogP contribution in [0.1, 0.15) is 24.3 Å². The third kappa shape index (κ3) is 4.80. The van der Waals surface area contributed by atoms with Gasteiger partial charge in [-0.1, -0.05) is 16.8 Å². The Balaban J connectivity index is 2.18. The smallest absolute Gasteiger partial charge is 0.326 e.